The normalized spacial score (nSPS) is 11.8. The number of hydrogen-bond donors (Lipinski definition) is 1. The molecule has 0 saturated heterocycles. The second kappa shape index (κ2) is 6.02. The molecule has 0 aliphatic heterocycles. The molecule has 0 atom stereocenters. The average molecular weight is 292 g/mol. The fourth-order valence-corrected chi connectivity index (χ4v) is 3.02. The first-order valence-corrected chi connectivity index (χ1v) is 7.65. The molecular weight excluding hydrogens is 271 g/mol. The minimum Gasteiger partial charge on any atom is -0.316 e. The first-order chi connectivity index (χ1) is 9.40. The lowest BCUT2D eigenvalue weighted by atomic mass is 9.93. The van der Waals surface area contributed by atoms with Gasteiger partial charge in [-0.1, -0.05) is 32.9 Å². The summed E-state index contributed by atoms with van der Waals surface area (Å²) in [5.41, 5.74) is 2.93. The van der Waals surface area contributed by atoms with Gasteiger partial charge in [0.05, 0.1) is 10.7 Å². The van der Waals surface area contributed by atoms with Crippen LogP contribution in [0.25, 0.3) is 0 Å². The summed E-state index contributed by atoms with van der Waals surface area (Å²) in [5.74, 6) is -0.155. The van der Waals surface area contributed by atoms with Crippen LogP contribution in [0.15, 0.2) is 23.6 Å². The van der Waals surface area contributed by atoms with E-state index in [0.29, 0.717) is 12.0 Å². The lowest BCUT2D eigenvalue weighted by Crippen LogP contribution is -2.11. The maximum absolute atomic E-state index is 13.9. The number of aromatic nitrogens is 1. The maximum Gasteiger partial charge on any atom is 0.126 e. The van der Waals surface area contributed by atoms with E-state index in [1.807, 2.05) is 19.2 Å². The molecule has 2 aromatic rings. The molecule has 4 heteroatoms. The van der Waals surface area contributed by atoms with Crippen LogP contribution in [0.5, 0.6) is 0 Å². The van der Waals surface area contributed by atoms with Gasteiger partial charge in [-0.2, -0.15) is 0 Å². The summed E-state index contributed by atoms with van der Waals surface area (Å²) in [6, 6.07) is 5.28. The molecule has 0 saturated carbocycles. The Kier molecular flexibility index (Phi) is 4.55. The van der Waals surface area contributed by atoms with Gasteiger partial charge in [-0.15, -0.1) is 11.3 Å². The Labute approximate surface area is 124 Å². The zero-order valence-electron chi connectivity index (χ0n) is 12.5. The molecule has 0 radical (unpaired) electrons. The van der Waals surface area contributed by atoms with E-state index in [1.165, 1.54) is 0 Å². The zero-order valence-corrected chi connectivity index (χ0v) is 13.3. The minimum absolute atomic E-state index is 0.0429. The van der Waals surface area contributed by atoms with E-state index in [2.05, 4.69) is 36.5 Å². The van der Waals surface area contributed by atoms with Crippen LogP contribution < -0.4 is 5.32 Å². The fourth-order valence-electron chi connectivity index (χ4n) is 1.98. The monoisotopic (exact) mass is 292 g/mol. The highest BCUT2D eigenvalue weighted by molar-refractivity contribution is 7.09. The van der Waals surface area contributed by atoms with Crippen LogP contribution in [0.3, 0.4) is 0 Å². The third-order valence-electron chi connectivity index (χ3n) is 3.15. The standard InChI is InChI=1S/C16H21FN2S/c1-16(2,3)14-10-20-15(19-14)8-12-7-11(9-18-4)5-6-13(12)17/h5-7,10,18H,8-9H2,1-4H3. The minimum atomic E-state index is -0.155. The van der Waals surface area contributed by atoms with Gasteiger partial charge >= 0.3 is 0 Å². The molecule has 0 aliphatic carbocycles. The van der Waals surface area contributed by atoms with E-state index in [-0.39, 0.29) is 11.2 Å². The largest absolute Gasteiger partial charge is 0.316 e. The van der Waals surface area contributed by atoms with Crippen molar-refractivity contribution in [1.29, 1.82) is 0 Å². The Hall–Kier alpha value is -1.26. The highest BCUT2D eigenvalue weighted by Gasteiger charge is 2.18. The highest BCUT2D eigenvalue weighted by Crippen LogP contribution is 2.25. The Morgan fingerprint density at radius 1 is 1.30 bits per heavy atom. The van der Waals surface area contributed by atoms with Gasteiger partial charge < -0.3 is 5.32 Å². The summed E-state index contributed by atoms with van der Waals surface area (Å²) >= 11 is 1.61. The Bertz CT molecular complexity index is 584. The molecule has 0 spiro atoms. The van der Waals surface area contributed by atoms with Crippen LogP contribution in [0, 0.1) is 5.82 Å². The van der Waals surface area contributed by atoms with Gasteiger partial charge in [0.2, 0.25) is 0 Å². The highest BCUT2D eigenvalue weighted by atomic mass is 32.1. The van der Waals surface area contributed by atoms with Crippen molar-refractivity contribution in [1.82, 2.24) is 10.3 Å². The summed E-state index contributed by atoms with van der Waals surface area (Å²) in [6.07, 6.45) is 0.560. The Morgan fingerprint density at radius 3 is 2.65 bits per heavy atom. The summed E-state index contributed by atoms with van der Waals surface area (Å²) in [7, 11) is 1.89. The molecule has 1 N–H and O–H groups in total. The predicted octanol–water partition coefficient (Wildman–Crippen LogP) is 3.89. The topological polar surface area (TPSA) is 24.9 Å². The van der Waals surface area contributed by atoms with Crippen molar-refractivity contribution in [2.75, 3.05) is 7.05 Å². The van der Waals surface area contributed by atoms with Gasteiger partial charge in [-0.05, 0) is 24.2 Å². The molecule has 0 aliphatic rings. The molecular formula is C16H21FN2S. The van der Waals surface area contributed by atoms with Crippen LogP contribution in [0.1, 0.15) is 42.6 Å². The first-order valence-electron chi connectivity index (χ1n) is 6.77. The molecule has 0 unspecified atom stereocenters. The number of nitrogens with zero attached hydrogens (tertiary/aromatic N) is 1. The summed E-state index contributed by atoms with van der Waals surface area (Å²) in [4.78, 5) is 4.63. The quantitative estimate of drug-likeness (QED) is 0.924. The number of halogens is 1. The molecule has 2 nitrogen and oxygen atoms in total. The van der Waals surface area contributed by atoms with Gasteiger partial charge in [-0.3, -0.25) is 0 Å². The molecule has 2 rings (SSSR count). The number of rotatable bonds is 4. The van der Waals surface area contributed by atoms with Crippen LogP contribution in [-0.4, -0.2) is 12.0 Å². The SMILES string of the molecule is CNCc1ccc(F)c(Cc2nc(C(C)(C)C)cs2)c1. The van der Waals surface area contributed by atoms with Crippen molar-refractivity contribution in [3.05, 3.63) is 51.2 Å². The van der Waals surface area contributed by atoms with Crippen molar-refractivity contribution in [3.63, 3.8) is 0 Å². The number of thiazole rings is 1. The zero-order chi connectivity index (χ0) is 14.8. The van der Waals surface area contributed by atoms with Gasteiger partial charge in [0.1, 0.15) is 5.82 Å². The van der Waals surface area contributed by atoms with E-state index >= 15 is 0 Å². The van der Waals surface area contributed by atoms with Gasteiger partial charge in [-0.25, -0.2) is 9.37 Å². The average Bonchev–Trinajstić information content (AvgIpc) is 2.82. The molecule has 108 valence electrons. The first kappa shape index (κ1) is 15.1. The van der Waals surface area contributed by atoms with E-state index in [9.17, 15) is 4.39 Å². The molecule has 1 aromatic carbocycles. The molecule has 20 heavy (non-hydrogen) atoms. The van der Waals surface area contributed by atoms with Gasteiger partial charge in [0.15, 0.2) is 0 Å². The third-order valence-corrected chi connectivity index (χ3v) is 4.00. The van der Waals surface area contributed by atoms with E-state index in [0.717, 1.165) is 22.8 Å². The smallest absolute Gasteiger partial charge is 0.126 e. The second-order valence-electron chi connectivity index (χ2n) is 6.01. The van der Waals surface area contributed by atoms with E-state index in [4.69, 9.17) is 0 Å². The van der Waals surface area contributed by atoms with Crippen molar-refractivity contribution in [2.45, 2.75) is 39.2 Å². The molecule has 0 amide bonds. The molecule has 0 fully saturated rings. The van der Waals surface area contributed by atoms with E-state index < -0.39 is 0 Å². The van der Waals surface area contributed by atoms with Crippen molar-refractivity contribution in [3.8, 4) is 0 Å². The van der Waals surface area contributed by atoms with Crippen LogP contribution >= 0.6 is 11.3 Å². The summed E-state index contributed by atoms with van der Waals surface area (Å²) in [5, 5.41) is 6.13. The van der Waals surface area contributed by atoms with Crippen LogP contribution in [0.4, 0.5) is 4.39 Å². The fraction of sp³-hybridized carbons (Fsp3) is 0.438. The number of benzene rings is 1. The Balaban J connectivity index is 2.21. The molecule has 1 aromatic heterocycles. The maximum atomic E-state index is 13.9. The lowest BCUT2D eigenvalue weighted by Gasteiger charge is -2.14. The summed E-state index contributed by atoms with van der Waals surface area (Å²) < 4.78 is 13.9. The molecule has 1 heterocycles. The molecule has 0 bridgehead atoms. The predicted molar refractivity (Wildman–Crippen MR) is 82.8 cm³/mol. The third kappa shape index (κ3) is 3.64. The number of nitrogens with one attached hydrogen (secondary N) is 1. The van der Waals surface area contributed by atoms with Crippen molar-refractivity contribution < 1.29 is 4.39 Å². The van der Waals surface area contributed by atoms with Crippen LogP contribution in [-0.2, 0) is 18.4 Å². The summed E-state index contributed by atoms with van der Waals surface area (Å²) in [6.45, 7) is 7.16. The van der Waals surface area contributed by atoms with Crippen molar-refractivity contribution in [2.24, 2.45) is 0 Å². The number of hydrogen-bond acceptors (Lipinski definition) is 3. The Morgan fingerprint density at radius 2 is 2.05 bits per heavy atom. The second-order valence-corrected chi connectivity index (χ2v) is 6.95. The lowest BCUT2D eigenvalue weighted by molar-refractivity contribution is 0.570. The van der Waals surface area contributed by atoms with Crippen molar-refractivity contribution >= 4 is 11.3 Å². The van der Waals surface area contributed by atoms with Gasteiger partial charge in [0.25, 0.3) is 0 Å². The van der Waals surface area contributed by atoms with E-state index in [1.54, 1.807) is 17.4 Å². The van der Waals surface area contributed by atoms with Crippen LogP contribution in [0.2, 0.25) is 0 Å². The van der Waals surface area contributed by atoms with Gasteiger partial charge in [0, 0.05) is 23.8 Å².